The van der Waals surface area contributed by atoms with Crippen molar-refractivity contribution in [3.8, 4) is 11.4 Å². The van der Waals surface area contributed by atoms with Gasteiger partial charge in [0.15, 0.2) is 0 Å². The summed E-state index contributed by atoms with van der Waals surface area (Å²) in [5.74, 6) is 1.06. The molecule has 1 aromatic carbocycles. The van der Waals surface area contributed by atoms with Crippen LogP contribution in [0.2, 0.25) is 0 Å². The van der Waals surface area contributed by atoms with Crippen molar-refractivity contribution in [2.45, 2.75) is 58.5 Å². The average Bonchev–Trinajstić information content (AvgIpc) is 3.77. The summed E-state index contributed by atoms with van der Waals surface area (Å²) in [6, 6.07) is 5.44. The molecule has 3 aromatic heterocycles. The first-order chi connectivity index (χ1) is 23.9. The minimum Gasteiger partial charge on any atom is -0.405 e. The van der Waals surface area contributed by atoms with Crippen LogP contribution in [0.1, 0.15) is 55.5 Å². The van der Waals surface area contributed by atoms with Gasteiger partial charge < -0.3 is 19.9 Å². The predicted molar refractivity (Wildman–Crippen MR) is 179 cm³/mol. The van der Waals surface area contributed by atoms with Crippen molar-refractivity contribution in [3.63, 3.8) is 0 Å². The number of piperidine rings is 1. The number of carbonyl (C=O) groups excluding carboxylic acids is 2. The van der Waals surface area contributed by atoms with Crippen molar-refractivity contribution in [1.29, 1.82) is 0 Å². The number of aromatic amines is 1. The van der Waals surface area contributed by atoms with Gasteiger partial charge in [0.05, 0.1) is 36.4 Å². The van der Waals surface area contributed by atoms with Gasteiger partial charge in [0.1, 0.15) is 17.4 Å². The second-order valence-electron chi connectivity index (χ2n) is 12.5. The van der Waals surface area contributed by atoms with Gasteiger partial charge in [-0.25, -0.2) is 14.8 Å². The van der Waals surface area contributed by atoms with E-state index in [1.807, 2.05) is 40.9 Å². The molecule has 16 heteroatoms. The smallest absolute Gasteiger partial charge is 0.405 e. The quantitative estimate of drug-likeness (QED) is 0.225. The van der Waals surface area contributed by atoms with Crippen molar-refractivity contribution in [3.05, 3.63) is 77.7 Å². The number of fused-ring (bicyclic) bond motifs is 1. The summed E-state index contributed by atoms with van der Waals surface area (Å²) >= 11 is 0. The zero-order chi connectivity index (χ0) is 35.2. The summed E-state index contributed by atoms with van der Waals surface area (Å²) in [6.45, 7) is 5.10. The molecule has 1 fully saturated rings. The highest BCUT2D eigenvalue weighted by Crippen LogP contribution is 2.36. The Morgan fingerprint density at radius 1 is 1.12 bits per heavy atom. The van der Waals surface area contributed by atoms with Gasteiger partial charge >= 0.3 is 12.4 Å². The lowest BCUT2D eigenvalue weighted by atomic mass is 10.0. The number of benzene rings is 1. The first-order valence-electron chi connectivity index (χ1n) is 16.2. The van der Waals surface area contributed by atoms with E-state index in [-0.39, 0.29) is 30.3 Å². The van der Waals surface area contributed by atoms with Gasteiger partial charge in [-0.05, 0) is 50.3 Å². The molecule has 3 amide bonds. The summed E-state index contributed by atoms with van der Waals surface area (Å²) in [7, 11) is 1.65. The number of imidazole rings is 1. The van der Waals surface area contributed by atoms with Crippen molar-refractivity contribution in [2.75, 3.05) is 35.3 Å². The molecule has 2 aliphatic heterocycles. The van der Waals surface area contributed by atoms with E-state index >= 15 is 0 Å². The molecule has 0 bridgehead atoms. The van der Waals surface area contributed by atoms with E-state index in [0.717, 1.165) is 24.0 Å². The second kappa shape index (κ2) is 13.0. The van der Waals surface area contributed by atoms with Crippen molar-refractivity contribution < 1.29 is 27.5 Å². The molecule has 0 atom stereocenters. The molecule has 0 spiro atoms. The maximum atomic E-state index is 13.8. The van der Waals surface area contributed by atoms with E-state index in [1.54, 1.807) is 37.3 Å². The fourth-order valence-electron chi connectivity index (χ4n) is 6.53. The highest BCUT2D eigenvalue weighted by Gasteiger charge is 2.34. The lowest BCUT2D eigenvalue weighted by Crippen LogP contribution is -2.46. The lowest BCUT2D eigenvalue weighted by molar-refractivity contribution is -0.303. The average molecular weight is 689 g/mol. The van der Waals surface area contributed by atoms with Crippen LogP contribution in [0.25, 0.3) is 17.0 Å². The number of aryl methyl sites for hydroxylation is 1. The van der Waals surface area contributed by atoms with Gasteiger partial charge in [-0.3, -0.25) is 19.3 Å². The van der Waals surface area contributed by atoms with Crippen molar-refractivity contribution in [2.24, 2.45) is 0 Å². The number of amides is 3. The Morgan fingerprint density at radius 3 is 2.68 bits per heavy atom. The standard InChI is InChI=1S/C34H35F3N10O3/c1-20-8-9-22(30-38-17-27(42-30)26-6-4-5-7-29(26)50-34(35,36)37)14-28(20)46-18-23-15-39-32(43-31(23)44(3)33(46)49)41-24-16-40-47(19-24)25-10-12-45(13-11-25)21(2)48/h5,7-9,14-17,19,25H,4,6,10-13,18H2,1-3H3,(H,38,42)(H,39,41,43). The monoisotopic (exact) mass is 688 g/mol. The predicted octanol–water partition coefficient (Wildman–Crippen LogP) is 6.47. The molecule has 7 rings (SSSR count). The third-order valence-electron chi connectivity index (χ3n) is 9.17. The molecule has 50 heavy (non-hydrogen) atoms. The van der Waals surface area contributed by atoms with Gasteiger partial charge in [0.2, 0.25) is 11.9 Å². The fraction of sp³-hybridized carbons (Fsp3) is 0.353. The minimum atomic E-state index is -4.81. The van der Waals surface area contributed by atoms with E-state index in [2.05, 4.69) is 35.1 Å². The Kier molecular flexibility index (Phi) is 8.53. The number of likely N-dealkylation sites (tertiary alicyclic amines) is 1. The second-order valence-corrected chi connectivity index (χ2v) is 12.5. The molecule has 4 aromatic rings. The molecule has 0 radical (unpaired) electrons. The van der Waals surface area contributed by atoms with E-state index in [4.69, 9.17) is 0 Å². The maximum Gasteiger partial charge on any atom is 0.573 e. The molecule has 13 nitrogen and oxygen atoms in total. The summed E-state index contributed by atoms with van der Waals surface area (Å²) in [4.78, 5) is 47.1. The Bertz CT molecular complexity index is 2010. The summed E-state index contributed by atoms with van der Waals surface area (Å²) < 4.78 is 45.3. The molecule has 3 aliphatic rings. The molecular formula is C34H35F3N10O3. The fourth-order valence-corrected chi connectivity index (χ4v) is 6.53. The number of allylic oxidation sites excluding steroid dienone is 3. The van der Waals surface area contributed by atoms with Crippen LogP contribution >= 0.6 is 0 Å². The highest BCUT2D eigenvalue weighted by molar-refractivity contribution is 6.05. The Morgan fingerprint density at radius 2 is 1.92 bits per heavy atom. The van der Waals surface area contributed by atoms with E-state index in [1.165, 1.54) is 17.2 Å². The Balaban J connectivity index is 1.08. The van der Waals surface area contributed by atoms with Crippen molar-refractivity contribution in [1.82, 2.24) is 34.6 Å². The summed E-state index contributed by atoms with van der Waals surface area (Å²) in [5, 5.41) is 7.70. The number of carbonyl (C=O) groups is 2. The molecule has 2 N–H and O–H groups in total. The number of aromatic nitrogens is 6. The van der Waals surface area contributed by atoms with Crippen LogP contribution < -0.4 is 15.1 Å². The number of ether oxygens (including phenoxy) is 1. The number of nitrogens with one attached hydrogen (secondary N) is 2. The number of urea groups is 1. The topological polar surface area (TPSA) is 137 Å². The Labute approximate surface area is 285 Å². The van der Waals surface area contributed by atoms with Gasteiger partial charge in [-0.15, -0.1) is 13.2 Å². The van der Waals surface area contributed by atoms with Crippen LogP contribution in [0.5, 0.6) is 0 Å². The van der Waals surface area contributed by atoms with Crippen LogP contribution in [-0.2, 0) is 16.1 Å². The molecule has 5 heterocycles. The third kappa shape index (κ3) is 6.64. The summed E-state index contributed by atoms with van der Waals surface area (Å²) in [5.41, 5.74) is 4.41. The molecule has 1 aliphatic carbocycles. The number of hydrogen-bond donors (Lipinski definition) is 2. The molecular weight excluding hydrogens is 653 g/mol. The lowest BCUT2D eigenvalue weighted by Gasteiger charge is -2.35. The number of halogens is 3. The van der Waals surface area contributed by atoms with E-state index in [0.29, 0.717) is 71.7 Å². The van der Waals surface area contributed by atoms with Gasteiger partial charge in [-0.2, -0.15) is 10.1 Å². The summed E-state index contributed by atoms with van der Waals surface area (Å²) in [6.07, 6.45) is 7.51. The number of rotatable bonds is 7. The SMILES string of the molecule is CC(=O)N1CCC(n2cc(Nc3ncc4c(n3)N(C)C(=O)N(c3cc(-c5ncc(C6=C(OC(F)(F)F)C=CCC6)[nH]5)ccc3C)C4)cn2)CC1. The largest absolute Gasteiger partial charge is 0.573 e. The van der Waals surface area contributed by atoms with Crippen LogP contribution in [0.3, 0.4) is 0 Å². The zero-order valence-corrected chi connectivity index (χ0v) is 27.7. The van der Waals surface area contributed by atoms with E-state index in [9.17, 15) is 22.8 Å². The van der Waals surface area contributed by atoms with Gasteiger partial charge in [-0.1, -0.05) is 18.2 Å². The maximum absolute atomic E-state index is 13.8. The third-order valence-corrected chi connectivity index (χ3v) is 9.17. The normalized spacial score (nSPS) is 17.0. The number of nitrogens with zero attached hydrogens (tertiary/aromatic N) is 8. The highest BCUT2D eigenvalue weighted by atomic mass is 19.4. The number of anilines is 4. The Hall–Kier alpha value is -5.67. The molecule has 1 saturated heterocycles. The first kappa shape index (κ1) is 32.9. The molecule has 0 saturated carbocycles. The zero-order valence-electron chi connectivity index (χ0n) is 27.7. The minimum absolute atomic E-state index is 0.0853. The van der Waals surface area contributed by atoms with Gasteiger partial charge in [0.25, 0.3) is 0 Å². The van der Waals surface area contributed by atoms with Crippen LogP contribution in [0.15, 0.2) is 60.9 Å². The van der Waals surface area contributed by atoms with Gasteiger partial charge in [0, 0.05) is 61.8 Å². The van der Waals surface area contributed by atoms with Crippen LogP contribution in [-0.4, -0.2) is 73.1 Å². The molecule has 260 valence electrons. The number of alkyl halides is 3. The van der Waals surface area contributed by atoms with Crippen LogP contribution in [0.4, 0.5) is 41.1 Å². The molecule has 0 unspecified atom stereocenters. The number of hydrogen-bond acceptors (Lipinski definition) is 8. The van der Waals surface area contributed by atoms with Crippen LogP contribution in [0, 0.1) is 6.92 Å². The van der Waals surface area contributed by atoms with Crippen molar-refractivity contribution >= 4 is 40.7 Å². The van der Waals surface area contributed by atoms with E-state index < -0.39 is 6.36 Å². The first-order valence-corrected chi connectivity index (χ1v) is 16.2. The number of H-pyrrole nitrogens is 1.